The molecule has 0 spiro atoms. The summed E-state index contributed by atoms with van der Waals surface area (Å²) in [5, 5.41) is 3.23. The zero-order valence-corrected chi connectivity index (χ0v) is 16.6. The van der Waals surface area contributed by atoms with Crippen LogP contribution in [-0.2, 0) is 4.79 Å². The number of para-hydroxylation sites is 1. The highest BCUT2D eigenvalue weighted by Gasteiger charge is 2.15. The van der Waals surface area contributed by atoms with Crippen molar-refractivity contribution in [2.45, 2.75) is 5.16 Å². The minimum absolute atomic E-state index is 0.0665. The third-order valence-electron chi connectivity index (χ3n) is 4.35. The molecule has 0 aliphatic heterocycles. The highest BCUT2D eigenvalue weighted by atomic mass is 32.2. The third-order valence-corrected chi connectivity index (χ3v) is 5.30. The average Bonchev–Trinajstić information content (AvgIpc) is 3.20. The summed E-state index contributed by atoms with van der Waals surface area (Å²) < 4.78 is 28.4. The van der Waals surface area contributed by atoms with E-state index in [0.29, 0.717) is 5.16 Å². The zero-order chi connectivity index (χ0) is 20.9. The molecule has 0 fully saturated rings. The van der Waals surface area contributed by atoms with Crippen molar-refractivity contribution in [3.63, 3.8) is 0 Å². The van der Waals surface area contributed by atoms with Crippen LogP contribution in [0.4, 0.5) is 14.5 Å². The van der Waals surface area contributed by atoms with E-state index in [9.17, 15) is 13.6 Å². The van der Waals surface area contributed by atoms with Gasteiger partial charge in [-0.1, -0.05) is 60.3 Å². The molecule has 1 heterocycles. The van der Waals surface area contributed by atoms with Crippen molar-refractivity contribution in [2.75, 3.05) is 11.1 Å². The molecule has 1 N–H and O–H groups in total. The first-order chi connectivity index (χ1) is 14.6. The lowest BCUT2D eigenvalue weighted by Gasteiger charge is -2.12. The van der Waals surface area contributed by atoms with E-state index in [1.807, 2.05) is 65.2 Å². The molecular weight excluding hydrogens is 404 g/mol. The fourth-order valence-electron chi connectivity index (χ4n) is 2.98. The standard InChI is InChI=1S/C23H17F2N3OS/c24-19-12-11-17(13-20(19)25)27-22(29)15-30-23-26-14-21(16-7-3-1-4-8-16)28(23)18-9-5-2-6-10-18/h1-14H,15H2,(H,27,29). The van der Waals surface area contributed by atoms with E-state index in [2.05, 4.69) is 10.3 Å². The first-order valence-corrected chi connectivity index (χ1v) is 10.2. The Morgan fingerprint density at radius 2 is 1.63 bits per heavy atom. The fraction of sp³-hybridized carbons (Fsp3) is 0.0435. The number of imidazole rings is 1. The number of hydrogen-bond donors (Lipinski definition) is 1. The number of hydrogen-bond acceptors (Lipinski definition) is 3. The van der Waals surface area contributed by atoms with Crippen LogP contribution >= 0.6 is 11.8 Å². The number of nitrogens with zero attached hydrogens (tertiary/aromatic N) is 2. The van der Waals surface area contributed by atoms with Crippen LogP contribution < -0.4 is 5.32 Å². The van der Waals surface area contributed by atoms with Crippen molar-refractivity contribution in [1.29, 1.82) is 0 Å². The number of rotatable bonds is 6. The third kappa shape index (κ3) is 4.41. The second kappa shape index (κ2) is 8.92. The molecule has 3 aromatic carbocycles. The normalized spacial score (nSPS) is 10.7. The van der Waals surface area contributed by atoms with Crippen LogP contribution in [0.5, 0.6) is 0 Å². The summed E-state index contributed by atoms with van der Waals surface area (Å²) in [6.45, 7) is 0. The van der Waals surface area contributed by atoms with Gasteiger partial charge in [0.25, 0.3) is 0 Å². The van der Waals surface area contributed by atoms with Gasteiger partial charge >= 0.3 is 0 Å². The number of benzene rings is 3. The van der Waals surface area contributed by atoms with Crippen molar-refractivity contribution in [2.24, 2.45) is 0 Å². The van der Waals surface area contributed by atoms with Crippen LogP contribution in [0.25, 0.3) is 16.9 Å². The van der Waals surface area contributed by atoms with Gasteiger partial charge in [0.05, 0.1) is 17.6 Å². The Hall–Kier alpha value is -3.45. The molecule has 1 aromatic heterocycles. The molecule has 150 valence electrons. The summed E-state index contributed by atoms with van der Waals surface area (Å²) in [5.74, 6) is -2.24. The molecule has 0 radical (unpaired) electrons. The maximum atomic E-state index is 13.3. The lowest BCUT2D eigenvalue weighted by atomic mass is 10.1. The maximum Gasteiger partial charge on any atom is 0.234 e. The molecule has 0 bridgehead atoms. The Morgan fingerprint density at radius 3 is 2.33 bits per heavy atom. The van der Waals surface area contributed by atoms with Crippen molar-refractivity contribution < 1.29 is 13.6 Å². The fourth-order valence-corrected chi connectivity index (χ4v) is 3.77. The molecule has 0 saturated heterocycles. The van der Waals surface area contributed by atoms with E-state index in [1.54, 1.807) is 6.20 Å². The molecule has 4 aromatic rings. The van der Waals surface area contributed by atoms with Crippen LogP contribution in [0.1, 0.15) is 0 Å². The van der Waals surface area contributed by atoms with Crippen molar-refractivity contribution in [1.82, 2.24) is 9.55 Å². The van der Waals surface area contributed by atoms with Gasteiger partial charge in [0.1, 0.15) is 0 Å². The topological polar surface area (TPSA) is 46.9 Å². The minimum atomic E-state index is -1.01. The average molecular weight is 421 g/mol. The quantitative estimate of drug-likeness (QED) is 0.415. The Labute approximate surface area is 176 Å². The number of thioether (sulfide) groups is 1. The molecule has 7 heteroatoms. The van der Waals surface area contributed by atoms with E-state index >= 15 is 0 Å². The molecule has 0 unspecified atom stereocenters. The van der Waals surface area contributed by atoms with Gasteiger partial charge in [-0.05, 0) is 24.3 Å². The number of anilines is 1. The molecule has 1 amide bonds. The first-order valence-electron chi connectivity index (χ1n) is 9.18. The SMILES string of the molecule is O=C(CSc1ncc(-c2ccccc2)n1-c1ccccc1)Nc1ccc(F)c(F)c1. The molecule has 4 nitrogen and oxygen atoms in total. The predicted molar refractivity (Wildman–Crippen MR) is 115 cm³/mol. The summed E-state index contributed by atoms with van der Waals surface area (Å²) in [4.78, 5) is 16.8. The minimum Gasteiger partial charge on any atom is -0.325 e. The van der Waals surface area contributed by atoms with Crippen LogP contribution in [0.15, 0.2) is 90.2 Å². The van der Waals surface area contributed by atoms with Gasteiger partial charge in [0, 0.05) is 23.0 Å². The molecule has 30 heavy (non-hydrogen) atoms. The summed E-state index contributed by atoms with van der Waals surface area (Å²) in [6, 6.07) is 22.9. The number of halogens is 2. The van der Waals surface area contributed by atoms with E-state index in [4.69, 9.17) is 0 Å². The van der Waals surface area contributed by atoms with Gasteiger partial charge in [-0.15, -0.1) is 0 Å². The molecule has 0 aliphatic carbocycles. The molecule has 0 atom stereocenters. The van der Waals surface area contributed by atoms with Crippen LogP contribution in [0.3, 0.4) is 0 Å². The van der Waals surface area contributed by atoms with Crippen LogP contribution in [0, 0.1) is 11.6 Å². The van der Waals surface area contributed by atoms with E-state index < -0.39 is 11.6 Å². The van der Waals surface area contributed by atoms with Gasteiger partial charge in [-0.3, -0.25) is 9.36 Å². The lowest BCUT2D eigenvalue weighted by Crippen LogP contribution is -2.14. The molecule has 0 saturated carbocycles. The van der Waals surface area contributed by atoms with Gasteiger partial charge in [-0.25, -0.2) is 13.8 Å². The lowest BCUT2D eigenvalue weighted by molar-refractivity contribution is -0.113. The van der Waals surface area contributed by atoms with E-state index in [-0.39, 0.29) is 17.3 Å². The van der Waals surface area contributed by atoms with Crippen molar-refractivity contribution in [3.05, 3.63) is 96.7 Å². The van der Waals surface area contributed by atoms with Crippen molar-refractivity contribution in [3.8, 4) is 16.9 Å². The number of carbonyl (C=O) groups excluding carboxylic acids is 1. The van der Waals surface area contributed by atoms with Gasteiger partial charge in [0.2, 0.25) is 5.91 Å². The van der Waals surface area contributed by atoms with Gasteiger partial charge in [0.15, 0.2) is 16.8 Å². The van der Waals surface area contributed by atoms with Crippen LogP contribution in [0.2, 0.25) is 0 Å². The summed E-state index contributed by atoms with van der Waals surface area (Å²) in [6.07, 6.45) is 1.78. The molecule has 0 aliphatic rings. The summed E-state index contributed by atoms with van der Waals surface area (Å²) in [5.41, 5.74) is 3.05. The number of nitrogens with one attached hydrogen (secondary N) is 1. The largest absolute Gasteiger partial charge is 0.325 e. The Balaban J connectivity index is 1.56. The zero-order valence-electron chi connectivity index (χ0n) is 15.8. The smallest absolute Gasteiger partial charge is 0.234 e. The number of amides is 1. The molecule has 4 rings (SSSR count). The predicted octanol–water partition coefficient (Wildman–Crippen LogP) is 5.55. The van der Waals surface area contributed by atoms with Gasteiger partial charge < -0.3 is 5.32 Å². The second-order valence-corrected chi connectivity index (χ2v) is 7.37. The Morgan fingerprint density at radius 1 is 0.933 bits per heavy atom. The number of aromatic nitrogens is 2. The Kier molecular flexibility index (Phi) is 5.90. The van der Waals surface area contributed by atoms with Crippen molar-refractivity contribution >= 4 is 23.4 Å². The first kappa shape index (κ1) is 19.8. The number of carbonyl (C=O) groups is 1. The second-order valence-electron chi connectivity index (χ2n) is 6.43. The highest BCUT2D eigenvalue weighted by molar-refractivity contribution is 7.99. The van der Waals surface area contributed by atoms with E-state index in [0.717, 1.165) is 29.1 Å². The van der Waals surface area contributed by atoms with Gasteiger partial charge in [-0.2, -0.15) is 0 Å². The highest BCUT2D eigenvalue weighted by Crippen LogP contribution is 2.29. The summed E-state index contributed by atoms with van der Waals surface area (Å²) >= 11 is 1.26. The molecular formula is C23H17F2N3OS. The van der Waals surface area contributed by atoms with Crippen LogP contribution in [-0.4, -0.2) is 21.2 Å². The maximum absolute atomic E-state index is 13.3. The van der Waals surface area contributed by atoms with E-state index in [1.165, 1.54) is 17.8 Å². The monoisotopic (exact) mass is 421 g/mol. The summed E-state index contributed by atoms with van der Waals surface area (Å²) in [7, 11) is 0. The Bertz CT molecular complexity index is 1160.